The molecule has 0 aliphatic heterocycles. The van der Waals surface area contributed by atoms with Gasteiger partial charge in [-0.1, -0.05) is 71.4 Å². The zero-order valence-corrected chi connectivity index (χ0v) is 45.3. The average Bonchev–Trinajstić information content (AvgIpc) is 3.75. The molecule has 0 spiro atoms. The molecule has 5 atom stereocenters. The highest BCUT2D eigenvalue weighted by molar-refractivity contribution is 8.00. The number of hydrogen-bond acceptors (Lipinski definition) is 12. The summed E-state index contributed by atoms with van der Waals surface area (Å²) < 4.78 is 31.9. The molecule has 75 heavy (non-hydrogen) atoms. The number of nitrogens with zero attached hydrogens (tertiary/aromatic N) is 2. The Balaban J connectivity index is 1.83. The molecule has 0 saturated heterocycles. The minimum absolute atomic E-state index is 0.0245. The Morgan fingerprint density at radius 2 is 1.47 bits per heavy atom. The Bertz CT molecular complexity index is 2390. The van der Waals surface area contributed by atoms with Gasteiger partial charge in [0, 0.05) is 73.5 Å². The lowest BCUT2D eigenvalue weighted by molar-refractivity contribution is -0.141. The topological polar surface area (TPSA) is 297 Å². The summed E-state index contributed by atoms with van der Waals surface area (Å²) in [5.74, 6) is -7.34. The molecule has 0 fully saturated rings. The van der Waals surface area contributed by atoms with Gasteiger partial charge in [0.1, 0.15) is 35.8 Å². The van der Waals surface area contributed by atoms with Crippen LogP contribution in [-0.4, -0.2) is 140 Å². The van der Waals surface area contributed by atoms with Crippen LogP contribution in [0.1, 0.15) is 97.4 Å². The molecule has 0 radical (unpaired) electrons. The zero-order valence-electron chi connectivity index (χ0n) is 43.6. The summed E-state index contributed by atoms with van der Waals surface area (Å²) in [4.78, 5) is 104. The Labute approximate surface area is 446 Å². The number of benzene rings is 2. The standard InChI is InChI=1S/C52H75F2N9O10S2/c1-32(2)46(61-42(64)16-11-8-12-20-55)49(69)59-33(3)48(68)57-21-13-22-63(45(67)31-74-23-19-43(65)60-40(51(72)73)26-58-44(66)30-75-29-39(56)50(70)71)47(52(4,5)6)41-24-35(37-25-36(53)17-18-38(37)54)28-62(41)27-34-14-9-7-10-15-34/h7,9-10,14-15,17-18,24-25,28,32-33,39-40,46-47H,8,11-13,16,19-23,26-27,29-31,55-56H2,1-6H3,(H,57,68)(H,58,66)(H,59,69)(H,60,65)(H,61,64)(H,70,71)(H,72,73)/t33-,39-,40?,46?,47?/m0/s1. The van der Waals surface area contributed by atoms with Gasteiger partial charge in [-0.05, 0) is 73.9 Å². The number of carboxylic acids is 2. The Morgan fingerprint density at radius 3 is 2.11 bits per heavy atom. The molecule has 1 aromatic heterocycles. The van der Waals surface area contributed by atoms with Crippen molar-refractivity contribution in [3.63, 3.8) is 0 Å². The van der Waals surface area contributed by atoms with Crippen LogP contribution in [-0.2, 0) is 44.9 Å². The van der Waals surface area contributed by atoms with Crippen LogP contribution in [0.4, 0.5) is 8.78 Å². The maximum absolute atomic E-state index is 15.4. The Hall–Kier alpha value is -6.04. The van der Waals surface area contributed by atoms with Crippen molar-refractivity contribution in [3.05, 3.63) is 83.7 Å². The van der Waals surface area contributed by atoms with Crippen LogP contribution in [0.5, 0.6) is 0 Å². The highest BCUT2D eigenvalue weighted by Gasteiger charge is 2.37. The summed E-state index contributed by atoms with van der Waals surface area (Å²) in [5.41, 5.74) is 12.2. The van der Waals surface area contributed by atoms with E-state index in [1.165, 1.54) is 6.92 Å². The molecule has 3 aromatic rings. The SMILES string of the molecule is CC(C)C(NC(=O)CCCCCN)C(=O)N[C@@H](C)C(=O)NCCCN(C(=O)CSCCC(=O)NC(CNC(=O)CSC[C@H](N)C(=O)O)C(=O)O)C(c1cc(-c2cc(F)ccc2F)cn1Cc1ccccc1)C(C)(C)C. The molecule has 6 amide bonds. The number of aliphatic carboxylic acids is 2. The number of halogens is 2. The second kappa shape index (κ2) is 31.8. The first-order valence-corrected chi connectivity index (χ1v) is 27.2. The predicted molar refractivity (Wildman–Crippen MR) is 286 cm³/mol. The summed E-state index contributed by atoms with van der Waals surface area (Å²) in [6.07, 6.45) is 4.20. The van der Waals surface area contributed by atoms with E-state index < -0.39 is 89.4 Å². The van der Waals surface area contributed by atoms with Gasteiger partial charge >= 0.3 is 11.9 Å². The lowest BCUT2D eigenvalue weighted by Crippen LogP contribution is -2.54. The van der Waals surface area contributed by atoms with Crippen molar-refractivity contribution >= 4 is 70.9 Å². The van der Waals surface area contributed by atoms with Crippen LogP contribution >= 0.6 is 23.5 Å². The maximum atomic E-state index is 15.4. The summed E-state index contributed by atoms with van der Waals surface area (Å²) in [7, 11) is 0. The maximum Gasteiger partial charge on any atom is 0.328 e. The summed E-state index contributed by atoms with van der Waals surface area (Å²) in [6, 6.07) is 9.16. The van der Waals surface area contributed by atoms with E-state index in [-0.39, 0.29) is 78.7 Å². The highest BCUT2D eigenvalue weighted by Crippen LogP contribution is 2.41. The number of nitrogens with one attached hydrogen (secondary N) is 5. The van der Waals surface area contributed by atoms with Crippen LogP contribution in [0.25, 0.3) is 11.1 Å². The minimum Gasteiger partial charge on any atom is -0.480 e. The van der Waals surface area contributed by atoms with E-state index in [0.717, 1.165) is 60.1 Å². The summed E-state index contributed by atoms with van der Waals surface area (Å²) >= 11 is 2.08. The molecular formula is C52H75F2N9O10S2. The molecule has 11 N–H and O–H groups in total. The zero-order chi connectivity index (χ0) is 55.8. The summed E-state index contributed by atoms with van der Waals surface area (Å²) in [5, 5.41) is 31.7. The fraction of sp³-hybridized carbons (Fsp3) is 0.538. The second-order valence-electron chi connectivity index (χ2n) is 19.5. The predicted octanol–water partition coefficient (Wildman–Crippen LogP) is 4.02. The first kappa shape index (κ1) is 63.3. The molecule has 414 valence electrons. The van der Waals surface area contributed by atoms with Gasteiger partial charge in [0.2, 0.25) is 35.4 Å². The number of thioether (sulfide) groups is 2. The molecule has 23 heteroatoms. The van der Waals surface area contributed by atoms with Crippen molar-refractivity contribution in [2.75, 3.05) is 49.2 Å². The van der Waals surface area contributed by atoms with Gasteiger partial charge < -0.3 is 57.7 Å². The first-order valence-electron chi connectivity index (χ1n) is 24.9. The normalized spacial score (nSPS) is 13.4. The molecule has 0 saturated carbocycles. The molecule has 0 aliphatic carbocycles. The number of carbonyl (C=O) groups excluding carboxylic acids is 6. The van der Waals surface area contributed by atoms with Crippen molar-refractivity contribution in [1.29, 1.82) is 0 Å². The van der Waals surface area contributed by atoms with Crippen LogP contribution < -0.4 is 38.1 Å². The number of nitrogens with two attached hydrogens (primary N) is 2. The fourth-order valence-electron chi connectivity index (χ4n) is 7.87. The quantitative estimate of drug-likeness (QED) is 0.0390. The average molecular weight is 1090 g/mol. The van der Waals surface area contributed by atoms with E-state index in [1.54, 1.807) is 31.0 Å². The Kier molecular flexibility index (Phi) is 26.8. The van der Waals surface area contributed by atoms with E-state index in [1.807, 2.05) is 55.7 Å². The minimum atomic E-state index is -1.48. The first-order chi connectivity index (χ1) is 35.4. The van der Waals surface area contributed by atoms with Crippen LogP contribution in [0.15, 0.2) is 60.8 Å². The monoisotopic (exact) mass is 1090 g/mol. The van der Waals surface area contributed by atoms with Crippen molar-refractivity contribution in [1.82, 2.24) is 36.1 Å². The molecule has 1 heterocycles. The molecule has 3 rings (SSSR count). The van der Waals surface area contributed by atoms with Crippen LogP contribution in [0.2, 0.25) is 0 Å². The van der Waals surface area contributed by atoms with Crippen molar-refractivity contribution in [3.8, 4) is 11.1 Å². The number of aromatic nitrogens is 1. The highest BCUT2D eigenvalue weighted by atomic mass is 32.2. The third-order valence-electron chi connectivity index (χ3n) is 11.8. The van der Waals surface area contributed by atoms with Gasteiger partial charge in [-0.15, -0.1) is 11.8 Å². The van der Waals surface area contributed by atoms with E-state index in [2.05, 4.69) is 26.6 Å². The number of rotatable bonds is 33. The summed E-state index contributed by atoms with van der Waals surface area (Å²) in [6.45, 7) is 11.5. The van der Waals surface area contributed by atoms with Gasteiger partial charge in [-0.2, -0.15) is 11.8 Å². The molecule has 3 unspecified atom stereocenters. The number of amides is 6. The number of unbranched alkanes of at least 4 members (excludes halogenated alkanes) is 2. The number of hydrogen-bond donors (Lipinski definition) is 9. The van der Waals surface area contributed by atoms with E-state index in [9.17, 15) is 47.9 Å². The molecule has 2 aromatic carbocycles. The van der Waals surface area contributed by atoms with Gasteiger partial charge in [0.15, 0.2) is 0 Å². The van der Waals surface area contributed by atoms with E-state index in [0.29, 0.717) is 30.8 Å². The van der Waals surface area contributed by atoms with E-state index in [4.69, 9.17) is 16.6 Å². The van der Waals surface area contributed by atoms with Gasteiger partial charge in [0.25, 0.3) is 0 Å². The molecular weight excluding hydrogens is 1010 g/mol. The smallest absolute Gasteiger partial charge is 0.328 e. The third-order valence-corrected chi connectivity index (χ3v) is 13.8. The number of carbonyl (C=O) groups is 8. The van der Waals surface area contributed by atoms with Crippen LogP contribution in [0.3, 0.4) is 0 Å². The van der Waals surface area contributed by atoms with E-state index >= 15 is 4.39 Å². The second-order valence-corrected chi connectivity index (χ2v) is 21.7. The van der Waals surface area contributed by atoms with Crippen molar-refractivity contribution in [2.45, 2.75) is 117 Å². The molecule has 0 bridgehead atoms. The third kappa shape index (κ3) is 22.0. The Morgan fingerprint density at radius 1 is 0.773 bits per heavy atom. The van der Waals surface area contributed by atoms with Gasteiger partial charge in [-0.25, -0.2) is 13.6 Å². The number of carboxylic acid groups (broad SMARTS) is 2. The lowest BCUT2D eigenvalue weighted by Gasteiger charge is -2.41. The van der Waals surface area contributed by atoms with Gasteiger partial charge in [-0.3, -0.25) is 33.6 Å². The largest absolute Gasteiger partial charge is 0.480 e. The van der Waals surface area contributed by atoms with Crippen molar-refractivity contribution in [2.24, 2.45) is 22.8 Å². The fourth-order valence-corrected chi connectivity index (χ4v) is 9.49. The van der Waals surface area contributed by atoms with Crippen molar-refractivity contribution < 1.29 is 57.4 Å². The van der Waals surface area contributed by atoms with Crippen LogP contribution in [0, 0.1) is 23.0 Å². The molecule has 19 nitrogen and oxygen atoms in total. The molecule has 0 aliphatic rings. The van der Waals surface area contributed by atoms with Gasteiger partial charge in [0.05, 0.1) is 17.5 Å². The lowest BCUT2D eigenvalue weighted by atomic mass is 9.83.